The molecule has 0 saturated heterocycles. The van der Waals surface area contributed by atoms with Crippen molar-refractivity contribution in [1.29, 1.82) is 0 Å². The molecule has 0 spiro atoms. The van der Waals surface area contributed by atoms with Crippen LogP contribution in [-0.4, -0.2) is 25.9 Å². The molecule has 0 radical (unpaired) electrons. The van der Waals surface area contributed by atoms with Crippen molar-refractivity contribution in [3.8, 4) is 0 Å². The number of hydrogen-bond donors (Lipinski definition) is 0. The van der Waals surface area contributed by atoms with Crippen LogP contribution < -0.4 is 15.6 Å². The first-order valence-corrected chi connectivity index (χ1v) is 16.4. The van der Waals surface area contributed by atoms with Gasteiger partial charge in [0.1, 0.15) is 0 Å². The molecular weight excluding hydrogens is 405 g/mol. The van der Waals surface area contributed by atoms with Gasteiger partial charge in [-0.2, -0.15) is 0 Å². The van der Waals surface area contributed by atoms with Crippen LogP contribution in [0.3, 0.4) is 0 Å². The van der Waals surface area contributed by atoms with Gasteiger partial charge >= 0.3 is 8.56 Å². The molecule has 1 atom stereocenters. The Morgan fingerprint density at radius 1 is 0.724 bits per heavy atom. The molecule has 29 heavy (non-hydrogen) atoms. The molecule has 0 aliphatic carbocycles. The van der Waals surface area contributed by atoms with Crippen LogP contribution in [0.15, 0.2) is 116 Å². The summed E-state index contributed by atoms with van der Waals surface area (Å²) in [4.78, 5) is 0. The molecule has 3 rings (SSSR count). The third kappa shape index (κ3) is 4.83. The second-order valence-corrected chi connectivity index (χ2v) is 16.5. The molecule has 0 aromatic heterocycles. The van der Waals surface area contributed by atoms with E-state index in [1.54, 1.807) is 0 Å². The number of rotatable bonds is 9. The van der Waals surface area contributed by atoms with Crippen LogP contribution in [0.5, 0.6) is 0 Å². The molecule has 1 unspecified atom stereocenters. The summed E-state index contributed by atoms with van der Waals surface area (Å²) < 4.78 is 14.1. The monoisotopic (exact) mass is 432 g/mol. The Hall–Kier alpha value is -2.29. The molecule has 0 aliphatic rings. The van der Waals surface area contributed by atoms with E-state index in [4.69, 9.17) is 8.23 Å². The maximum atomic E-state index is 7.09. The molecule has 0 aliphatic heterocycles. The van der Waals surface area contributed by atoms with E-state index in [-0.39, 0.29) is 0 Å². The van der Waals surface area contributed by atoms with Gasteiger partial charge in [0.05, 0.1) is 0 Å². The molecule has 0 heterocycles. The molecule has 3 aromatic rings. The van der Waals surface area contributed by atoms with E-state index < -0.39 is 25.9 Å². The van der Waals surface area contributed by atoms with E-state index >= 15 is 0 Å². The van der Waals surface area contributed by atoms with Crippen molar-refractivity contribution in [1.82, 2.24) is 0 Å². The second-order valence-electron chi connectivity index (χ2n) is 7.21. The van der Waals surface area contributed by atoms with Crippen molar-refractivity contribution < 1.29 is 8.23 Å². The molecule has 2 nitrogen and oxygen atoms in total. The summed E-state index contributed by atoms with van der Waals surface area (Å²) in [7, 11) is -7.12. The Morgan fingerprint density at radius 3 is 1.55 bits per heavy atom. The normalized spacial score (nSPS) is 12.9. The highest BCUT2D eigenvalue weighted by Gasteiger charge is 2.48. The van der Waals surface area contributed by atoms with Crippen molar-refractivity contribution in [3.05, 3.63) is 116 Å². The predicted molar refractivity (Wildman–Crippen MR) is 131 cm³/mol. The largest absolute Gasteiger partial charge is 0.428 e. The summed E-state index contributed by atoms with van der Waals surface area (Å²) in [5, 5.41) is 3.49. The van der Waals surface area contributed by atoms with Crippen molar-refractivity contribution in [2.24, 2.45) is 0 Å². The average Bonchev–Trinajstić information content (AvgIpc) is 2.80. The van der Waals surface area contributed by atoms with Crippen LogP contribution >= 0.6 is 0 Å². The topological polar surface area (TPSA) is 18.5 Å². The summed E-state index contributed by atoms with van der Waals surface area (Å²) >= 11 is 0. The lowest BCUT2D eigenvalue weighted by molar-refractivity contribution is 0.430. The van der Waals surface area contributed by atoms with E-state index in [1.807, 2.05) is 29.6 Å². The summed E-state index contributed by atoms with van der Waals surface area (Å²) in [6.45, 7) is 12.5. The molecule has 3 aromatic carbocycles. The van der Waals surface area contributed by atoms with Crippen molar-refractivity contribution in [3.63, 3.8) is 0 Å². The maximum absolute atomic E-state index is 7.09. The SMILES string of the molecule is C=C[Si](C)(C=C)O[Si](O[SiH](C)c1ccccc1)(c1ccccc1)c1ccccc1. The molecule has 5 heteroatoms. The number of benzene rings is 3. The first kappa shape index (κ1) is 21.4. The second kappa shape index (κ2) is 9.47. The highest BCUT2D eigenvalue weighted by Crippen LogP contribution is 2.20. The van der Waals surface area contributed by atoms with E-state index in [0.717, 1.165) is 10.4 Å². The highest BCUT2D eigenvalue weighted by molar-refractivity contribution is 7.03. The fourth-order valence-electron chi connectivity index (χ4n) is 3.28. The Morgan fingerprint density at radius 2 is 1.14 bits per heavy atom. The van der Waals surface area contributed by atoms with Gasteiger partial charge in [0.15, 0.2) is 9.04 Å². The Bertz CT molecular complexity index is 883. The molecular formula is C24H28O2Si3. The summed E-state index contributed by atoms with van der Waals surface area (Å²) in [6, 6.07) is 31.3. The fraction of sp³-hybridized carbons (Fsp3) is 0.0833. The first-order chi connectivity index (χ1) is 14.0. The zero-order chi connectivity index (χ0) is 20.7. The molecule has 0 N–H and O–H groups in total. The highest BCUT2D eigenvalue weighted by atomic mass is 28.5. The van der Waals surface area contributed by atoms with Gasteiger partial charge in [0, 0.05) is 0 Å². The van der Waals surface area contributed by atoms with Gasteiger partial charge in [-0.25, -0.2) is 0 Å². The average molecular weight is 433 g/mol. The van der Waals surface area contributed by atoms with Gasteiger partial charge in [0.2, 0.25) is 8.32 Å². The first-order valence-electron chi connectivity index (χ1n) is 9.84. The minimum Gasteiger partial charge on any atom is -0.428 e. The van der Waals surface area contributed by atoms with Crippen LogP contribution in [0.1, 0.15) is 0 Å². The van der Waals surface area contributed by atoms with E-state index in [2.05, 4.69) is 99.0 Å². The van der Waals surface area contributed by atoms with E-state index in [9.17, 15) is 0 Å². The smallest absolute Gasteiger partial charge is 0.387 e. The zero-order valence-corrected chi connectivity index (χ0v) is 20.3. The fourth-order valence-corrected chi connectivity index (χ4v) is 14.1. The van der Waals surface area contributed by atoms with Gasteiger partial charge in [-0.05, 0) is 28.7 Å². The summed E-state index contributed by atoms with van der Waals surface area (Å²) in [5.41, 5.74) is 3.87. The predicted octanol–water partition coefficient (Wildman–Crippen LogP) is 3.56. The zero-order valence-electron chi connectivity index (χ0n) is 17.1. The van der Waals surface area contributed by atoms with Crippen molar-refractivity contribution in [2.75, 3.05) is 0 Å². The van der Waals surface area contributed by atoms with Crippen LogP contribution in [0.2, 0.25) is 13.1 Å². The van der Waals surface area contributed by atoms with Gasteiger partial charge < -0.3 is 8.23 Å². The minimum atomic E-state index is -2.99. The van der Waals surface area contributed by atoms with E-state index in [0.29, 0.717) is 0 Å². The van der Waals surface area contributed by atoms with Gasteiger partial charge in [-0.1, -0.05) is 102 Å². The van der Waals surface area contributed by atoms with Crippen molar-refractivity contribution in [2.45, 2.75) is 13.1 Å². The van der Waals surface area contributed by atoms with Crippen LogP contribution in [-0.2, 0) is 8.23 Å². The lowest BCUT2D eigenvalue weighted by Gasteiger charge is -2.39. The standard InChI is InChI=1S/C24H28O2Si3/c1-5-28(4,6-2)26-29(23-18-12-8-13-19-23,24-20-14-9-15-21-24)25-27(3)22-16-10-7-11-17-22/h5-21,27H,1-2H2,3-4H3. The Labute approximate surface area is 178 Å². The Balaban J connectivity index is 2.19. The third-order valence-corrected chi connectivity index (χ3v) is 15.9. The quantitative estimate of drug-likeness (QED) is 0.481. The summed E-state index contributed by atoms with van der Waals surface area (Å²) in [6.07, 6.45) is 0. The van der Waals surface area contributed by atoms with Gasteiger partial charge in [-0.3, -0.25) is 0 Å². The van der Waals surface area contributed by atoms with Crippen LogP contribution in [0.25, 0.3) is 0 Å². The van der Waals surface area contributed by atoms with Crippen LogP contribution in [0, 0.1) is 0 Å². The lowest BCUT2D eigenvalue weighted by atomic mass is 10.4. The summed E-state index contributed by atoms with van der Waals surface area (Å²) in [5.74, 6) is 0. The van der Waals surface area contributed by atoms with Gasteiger partial charge in [0.25, 0.3) is 0 Å². The Kier molecular flexibility index (Phi) is 7.00. The molecule has 148 valence electrons. The molecule has 0 amide bonds. The van der Waals surface area contributed by atoms with Crippen molar-refractivity contribution >= 4 is 41.5 Å². The third-order valence-electron chi connectivity index (χ3n) is 5.09. The molecule has 0 fully saturated rings. The number of hydrogen-bond acceptors (Lipinski definition) is 2. The molecule has 0 bridgehead atoms. The van der Waals surface area contributed by atoms with Crippen LogP contribution in [0.4, 0.5) is 0 Å². The van der Waals surface area contributed by atoms with E-state index in [1.165, 1.54) is 5.19 Å². The maximum Gasteiger partial charge on any atom is 0.387 e. The molecule has 0 saturated carbocycles. The minimum absolute atomic E-state index is 1.11. The van der Waals surface area contributed by atoms with Gasteiger partial charge in [-0.15, -0.1) is 13.2 Å². The lowest BCUT2D eigenvalue weighted by Crippen LogP contribution is -2.69.